The Balaban J connectivity index is 2.82. The van der Waals surface area contributed by atoms with Crippen molar-refractivity contribution < 1.29 is 14.6 Å². The van der Waals surface area contributed by atoms with Gasteiger partial charge < -0.3 is 9.84 Å². The first-order valence-electron chi connectivity index (χ1n) is 9.58. The van der Waals surface area contributed by atoms with Crippen molar-refractivity contribution in [3.8, 4) is 0 Å². The van der Waals surface area contributed by atoms with E-state index in [9.17, 15) is 9.90 Å². The van der Waals surface area contributed by atoms with Crippen LogP contribution >= 0.6 is 0 Å². The highest BCUT2D eigenvalue weighted by atomic mass is 16.5. The monoisotopic (exact) mass is 336 g/mol. The Bertz CT molecular complexity index is 436. The predicted octanol–water partition coefficient (Wildman–Crippen LogP) is 5.61. The number of rotatable bonds is 12. The van der Waals surface area contributed by atoms with Crippen LogP contribution in [0.2, 0.25) is 0 Å². The van der Waals surface area contributed by atoms with Crippen molar-refractivity contribution in [1.82, 2.24) is 0 Å². The number of carboxylic acids is 1. The Morgan fingerprint density at radius 1 is 1.33 bits per heavy atom. The van der Waals surface area contributed by atoms with Gasteiger partial charge in [0, 0.05) is 13.7 Å². The number of hydrogen-bond donors (Lipinski definition) is 1. The number of methoxy groups -OCH3 is 1. The first-order chi connectivity index (χ1) is 11.5. The van der Waals surface area contributed by atoms with Crippen molar-refractivity contribution in [2.45, 2.75) is 72.1 Å². The number of carbonyl (C=O) groups is 1. The van der Waals surface area contributed by atoms with E-state index in [4.69, 9.17) is 4.74 Å². The van der Waals surface area contributed by atoms with Crippen LogP contribution in [0.1, 0.15) is 72.1 Å². The molecule has 0 aromatic carbocycles. The van der Waals surface area contributed by atoms with Crippen LogP contribution in [0.15, 0.2) is 23.8 Å². The average Bonchev–Trinajstić information content (AvgIpc) is 2.54. The fraction of sp³-hybridized carbons (Fsp3) is 0.762. The standard InChI is InChI=1S/C21H36O3/c1-5-10-19-18(13-16-24-4)12-9-15-21(19,20(22)23)14-8-6-7-11-17(2)3/h9,12,15,17,19H,5-8,10-11,13-14,16H2,1-4H3,(H,22,23). The zero-order valence-corrected chi connectivity index (χ0v) is 16.0. The van der Waals surface area contributed by atoms with E-state index in [0.29, 0.717) is 6.61 Å². The Morgan fingerprint density at radius 2 is 2.08 bits per heavy atom. The second-order valence-electron chi connectivity index (χ2n) is 7.52. The SMILES string of the molecule is CCCC1C(CCOC)=CC=CC1(CCCCCC(C)C)C(=O)O. The third kappa shape index (κ3) is 5.77. The summed E-state index contributed by atoms with van der Waals surface area (Å²) in [5, 5.41) is 10.1. The van der Waals surface area contributed by atoms with Crippen LogP contribution in [0, 0.1) is 17.3 Å². The van der Waals surface area contributed by atoms with Gasteiger partial charge in [0.1, 0.15) is 0 Å². The van der Waals surface area contributed by atoms with Gasteiger partial charge in [0.2, 0.25) is 0 Å². The minimum absolute atomic E-state index is 0.102. The van der Waals surface area contributed by atoms with Gasteiger partial charge in [-0.25, -0.2) is 0 Å². The van der Waals surface area contributed by atoms with Gasteiger partial charge in [0.05, 0.1) is 5.41 Å². The van der Waals surface area contributed by atoms with Gasteiger partial charge in [-0.3, -0.25) is 4.79 Å². The highest BCUT2D eigenvalue weighted by Gasteiger charge is 2.45. The fourth-order valence-electron chi connectivity index (χ4n) is 3.85. The molecule has 0 heterocycles. The van der Waals surface area contributed by atoms with Crippen LogP contribution in [0.5, 0.6) is 0 Å². The first-order valence-corrected chi connectivity index (χ1v) is 9.58. The summed E-state index contributed by atoms with van der Waals surface area (Å²) in [5.74, 6) is 0.166. The average molecular weight is 337 g/mol. The van der Waals surface area contributed by atoms with Crippen LogP contribution < -0.4 is 0 Å². The number of aliphatic carboxylic acids is 1. The molecule has 0 saturated carbocycles. The molecule has 24 heavy (non-hydrogen) atoms. The van der Waals surface area contributed by atoms with Crippen molar-refractivity contribution in [2.24, 2.45) is 17.3 Å². The van der Waals surface area contributed by atoms with E-state index in [0.717, 1.165) is 44.4 Å². The summed E-state index contributed by atoms with van der Waals surface area (Å²) in [7, 11) is 1.70. The van der Waals surface area contributed by atoms with Crippen molar-refractivity contribution in [3.63, 3.8) is 0 Å². The van der Waals surface area contributed by atoms with Crippen LogP contribution in [-0.2, 0) is 9.53 Å². The van der Waals surface area contributed by atoms with Gasteiger partial charge in [-0.15, -0.1) is 0 Å². The van der Waals surface area contributed by atoms with Gasteiger partial charge in [-0.05, 0) is 31.1 Å². The molecule has 138 valence electrons. The third-order valence-electron chi connectivity index (χ3n) is 5.22. The lowest BCUT2D eigenvalue weighted by Crippen LogP contribution is -2.39. The lowest BCUT2D eigenvalue weighted by Gasteiger charge is -2.39. The number of hydrogen-bond acceptors (Lipinski definition) is 2. The van der Waals surface area contributed by atoms with Gasteiger partial charge in [0.15, 0.2) is 0 Å². The van der Waals surface area contributed by atoms with E-state index in [1.54, 1.807) is 7.11 Å². The van der Waals surface area contributed by atoms with E-state index >= 15 is 0 Å². The van der Waals surface area contributed by atoms with Gasteiger partial charge in [0.25, 0.3) is 0 Å². The summed E-state index contributed by atoms with van der Waals surface area (Å²) in [4.78, 5) is 12.2. The van der Waals surface area contributed by atoms with E-state index in [1.807, 2.05) is 12.2 Å². The Labute approximate surface area is 148 Å². The molecule has 2 unspecified atom stereocenters. The van der Waals surface area contributed by atoms with E-state index in [1.165, 1.54) is 18.4 Å². The molecule has 0 aromatic rings. The summed E-state index contributed by atoms with van der Waals surface area (Å²) >= 11 is 0. The van der Waals surface area contributed by atoms with Crippen molar-refractivity contribution in [2.75, 3.05) is 13.7 Å². The van der Waals surface area contributed by atoms with Crippen molar-refractivity contribution in [1.29, 1.82) is 0 Å². The van der Waals surface area contributed by atoms with Crippen LogP contribution in [0.25, 0.3) is 0 Å². The summed E-state index contributed by atoms with van der Waals surface area (Å²) in [6, 6.07) is 0. The number of unbranched alkanes of at least 4 members (excludes halogenated alkanes) is 2. The zero-order valence-electron chi connectivity index (χ0n) is 16.0. The van der Waals surface area contributed by atoms with Crippen molar-refractivity contribution in [3.05, 3.63) is 23.8 Å². The maximum Gasteiger partial charge on any atom is 0.314 e. The van der Waals surface area contributed by atoms with Gasteiger partial charge >= 0.3 is 5.97 Å². The molecular weight excluding hydrogens is 300 g/mol. The molecule has 1 aliphatic rings. The molecule has 0 bridgehead atoms. The molecule has 0 radical (unpaired) electrons. The molecule has 1 N–H and O–H groups in total. The van der Waals surface area contributed by atoms with E-state index in [2.05, 4.69) is 26.8 Å². The number of ether oxygens (including phenoxy) is 1. The lowest BCUT2D eigenvalue weighted by atomic mass is 9.64. The largest absolute Gasteiger partial charge is 0.481 e. The molecule has 1 aliphatic carbocycles. The fourth-order valence-corrected chi connectivity index (χ4v) is 3.85. The van der Waals surface area contributed by atoms with Gasteiger partial charge in [-0.2, -0.15) is 0 Å². The summed E-state index contributed by atoms with van der Waals surface area (Å²) in [5.41, 5.74) is 0.511. The zero-order chi connectivity index (χ0) is 18.0. The molecule has 0 saturated heterocycles. The van der Waals surface area contributed by atoms with E-state index in [-0.39, 0.29) is 5.92 Å². The summed E-state index contributed by atoms with van der Waals surface area (Å²) < 4.78 is 5.22. The van der Waals surface area contributed by atoms with Crippen LogP contribution in [0.3, 0.4) is 0 Å². The third-order valence-corrected chi connectivity index (χ3v) is 5.22. The second-order valence-corrected chi connectivity index (χ2v) is 7.52. The topological polar surface area (TPSA) is 46.5 Å². The van der Waals surface area contributed by atoms with E-state index < -0.39 is 11.4 Å². The number of carboxylic acid groups (broad SMARTS) is 1. The molecule has 2 atom stereocenters. The smallest absolute Gasteiger partial charge is 0.314 e. The van der Waals surface area contributed by atoms with Crippen LogP contribution in [-0.4, -0.2) is 24.8 Å². The highest BCUT2D eigenvalue weighted by molar-refractivity contribution is 5.79. The minimum atomic E-state index is -0.730. The molecule has 3 heteroatoms. The molecule has 0 aliphatic heterocycles. The highest BCUT2D eigenvalue weighted by Crippen LogP contribution is 2.45. The normalized spacial score (nSPS) is 23.5. The maximum absolute atomic E-state index is 12.2. The first kappa shape index (κ1) is 21.0. The molecule has 1 rings (SSSR count). The van der Waals surface area contributed by atoms with Crippen LogP contribution in [0.4, 0.5) is 0 Å². The molecule has 0 spiro atoms. The summed E-state index contributed by atoms with van der Waals surface area (Å²) in [6.07, 6.45) is 14.1. The van der Waals surface area contributed by atoms with Gasteiger partial charge in [-0.1, -0.05) is 76.7 Å². The molecule has 3 nitrogen and oxygen atoms in total. The second kappa shape index (κ2) is 10.7. The Hall–Kier alpha value is -1.09. The Morgan fingerprint density at radius 3 is 2.67 bits per heavy atom. The molecule has 0 amide bonds. The quantitative estimate of drug-likeness (QED) is 0.471. The Kier molecular flexibility index (Phi) is 9.35. The predicted molar refractivity (Wildman–Crippen MR) is 100 cm³/mol. The molecular formula is C21H36O3. The lowest BCUT2D eigenvalue weighted by molar-refractivity contribution is -0.149. The molecule has 0 aromatic heterocycles. The number of allylic oxidation sites excluding steroid dienone is 2. The minimum Gasteiger partial charge on any atom is -0.481 e. The maximum atomic E-state index is 12.2. The molecule has 0 fully saturated rings. The summed E-state index contributed by atoms with van der Waals surface area (Å²) in [6.45, 7) is 7.28. The van der Waals surface area contributed by atoms with Crippen molar-refractivity contribution >= 4 is 5.97 Å².